The molecule has 0 fully saturated rings. The van der Waals surface area contributed by atoms with Crippen LogP contribution < -0.4 is 15.8 Å². The molecular weight excluding hydrogens is 272 g/mol. The molecule has 1 amide bonds. The predicted octanol–water partition coefficient (Wildman–Crippen LogP) is 2.89. The number of amides is 1. The number of aryl methyl sites for hydroxylation is 1. The molecule has 0 radical (unpaired) electrons. The standard InChI is InChI=1S/C15H18N2O2S/c1-10-7-8-14(20-10)11(2)17-15(18)9-19-13-6-4-3-5-12(13)16/h3-8,11H,9,16H2,1-2H3,(H,17,18). The van der Waals surface area contributed by atoms with Gasteiger partial charge in [0.1, 0.15) is 5.75 Å². The molecule has 0 saturated heterocycles. The van der Waals surface area contributed by atoms with Crippen molar-refractivity contribution < 1.29 is 9.53 Å². The number of thiophene rings is 1. The molecule has 0 spiro atoms. The molecular formula is C15H18N2O2S. The summed E-state index contributed by atoms with van der Waals surface area (Å²) in [6.45, 7) is 3.97. The summed E-state index contributed by atoms with van der Waals surface area (Å²) in [4.78, 5) is 14.2. The quantitative estimate of drug-likeness (QED) is 0.832. The van der Waals surface area contributed by atoms with E-state index in [0.717, 1.165) is 4.88 Å². The van der Waals surface area contributed by atoms with Crippen LogP contribution in [0.25, 0.3) is 0 Å². The largest absolute Gasteiger partial charge is 0.482 e. The van der Waals surface area contributed by atoms with Crippen LogP contribution in [0.1, 0.15) is 22.7 Å². The number of hydrogen-bond donors (Lipinski definition) is 2. The van der Waals surface area contributed by atoms with E-state index in [9.17, 15) is 4.79 Å². The third-order valence-corrected chi connectivity index (χ3v) is 4.03. The third-order valence-electron chi connectivity index (χ3n) is 2.84. The van der Waals surface area contributed by atoms with Crippen molar-refractivity contribution in [3.05, 3.63) is 46.2 Å². The van der Waals surface area contributed by atoms with Gasteiger partial charge >= 0.3 is 0 Å². The fourth-order valence-electron chi connectivity index (χ4n) is 1.80. The zero-order chi connectivity index (χ0) is 14.5. The van der Waals surface area contributed by atoms with Crippen molar-refractivity contribution in [2.24, 2.45) is 0 Å². The van der Waals surface area contributed by atoms with Crippen LogP contribution in [0.2, 0.25) is 0 Å². The van der Waals surface area contributed by atoms with Gasteiger partial charge in [0, 0.05) is 9.75 Å². The van der Waals surface area contributed by atoms with Gasteiger partial charge in [-0.2, -0.15) is 0 Å². The number of ether oxygens (including phenoxy) is 1. The summed E-state index contributed by atoms with van der Waals surface area (Å²) in [7, 11) is 0. The van der Waals surface area contributed by atoms with Crippen LogP contribution in [0.5, 0.6) is 5.75 Å². The summed E-state index contributed by atoms with van der Waals surface area (Å²) in [6, 6.07) is 11.2. The molecule has 1 heterocycles. The lowest BCUT2D eigenvalue weighted by Crippen LogP contribution is -2.31. The van der Waals surface area contributed by atoms with Crippen molar-refractivity contribution in [1.29, 1.82) is 0 Å². The Hall–Kier alpha value is -2.01. The van der Waals surface area contributed by atoms with E-state index in [1.54, 1.807) is 23.5 Å². The number of hydrogen-bond acceptors (Lipinski definition) is 4. The lowest BCUT2D eigenvalue weighted by atomic mass is 10.2. The SMILES string of the molecule is Cc1ccc(C(C)NC(=O)COc2ccccc2N)s1. The Bertz CT molecular complexity index is 595. The van der Waals surface area contributed by atoms with E-state index in [0.29, 0.717) is 11.4 Å². The predicted molar refractivity (Wildman–Crippen MR) is 82.0 cm³/mol. The van der Waals surface area contributed by atoms with Crippen molar-refractivity contribution >= 4 is 22.9 Å². The highest BCUT2D eigenvalue weighted by Gasteiger charge is 2.12. The van der Waals surface area contributed by atoms with Gasteiger partial charge in [0.05, 0.1) is 11.7 Å². The van der Waals surface area contributed by atoms with Crippen molar-refractivity contribution in [2.75, 3.05) is 12.3 Å². The highest BCUT2D eigenvalue weighted by atomic mass is 32.1. The maximum absolute atomic E-state index is 11.8. The number of carbonyl (C=O) groups is 1. The fraction of sp³-hybridized carbons (Fsp3) is 0.267. The van der Waals surface area contributed by atoms with E-state index in [2.05, 4.69) is 5.32 Å². The number of para-hydroxylation sites is 2. The summed E-state index contributed by atoms with van der Waals surface area (Å²) in [5, 5.41) is 2.90. The molecule has 20 heavy (non-hydrogen) atoms. The topological polar surface area (TPSA) is 64.3 Å². The summed E-state index contributed by atoms with van der Waals surface area (Å²) >= 11 is 1.68. The Balaban J connectivity index is 1.85. The monoisotopic (exact) mass is 290 g/mol. The second kappa shape index (κ2) is 6.43. The van der Waals surface area contributed by atoms with E-state index >= 15 is 0 Å². The molecule has 106 valence electrons. The summed E-state index contributed by atoms with van der Waals surface area (Å²) in [6.07, 6.45) is 0. The highest BCUT2D eigenvalue weighted by molar-refractivity contribution is 7.12. The van der Waals surface area contributed by atoms with Crippen LogP contribution in [-0.4, -0.2) is 12.5 Å². The van der Waals surface area contributed by atoms with Gasteiger partial charge in [-0.3, -0.25) is 4.79 Å². The van der Waals surface area contributed by atoms with E-state index in [1.165, 1.54) is 4.88 Å². The van der Waals surface area contributed by atoms with Gasteiger partial charge in [0.15, 0.2) is 6.61 Å². The number of nitrogens with one attached hydrogen (secondary N) is 1. The summed E-state index contributed by atoms with van der Waals surface area (Å²) in [5.74, 6) is 0.370. The number of carbonyl (C=O) groups excluding carboxylic acids is 1. The normalized spacial score (nSPS) is 11.9. The zero-order valence-corrected chi connectivity index (χ0v) is 12.4. The Kier molecular flexibility index (Phi) is 4.63. The Morgan fingerprint density at radius 1 is 1.35 bits per heavy atom. The second-order valence-corrected chi connectivity index (χ2v) is 5.88. The minimum atomic E-state index is -0.160. The molecule has 1 aromatic carbocycles. The lowest BCUT2D eigenvalue weighted by molar-refractivity contribution is -0.123. The first-order chi connectivity index (χ1) is 9.56. The average molecular weight is 290 g/mol. The number of nitrogen functional groups attached to an aromatic ring is 1. The second-order valence-electron chi connectivity index (χ2n) is 4.56. The smallest absolute Gasteiger partial charge is 0.258 e. The maximum atomic E-state index is 11.8. The Labute approximate surface area is 122 Å². The van der Waals surface area contributed by atoms with Crippen LogP contribution in [-0.2, 0) is 4.79 Å². The molecule has 0 aliphatic heterocycles. The summed E-state index contributed by atoms with van der Waals surface area (Å²) < 4.78 is 5.41. The van der Waals surface area contributed by atoms with Crippen LogP contribution in [0.15, 0.2) is 36.4 Å². The number of nitrogens with two attached hydrogens (primary N) is 1. The van der Waals surface area contributed by atoms with E-state index in [1.807, 2.05) is 38.1 Å². The molecule has 0 bridgehead atoms. The van der Waals surface area contributed by atoms with E-state index in [-0.39, 0.29) is 18.6 Å². The van der Waals surface area contributed by atoms with Crippen molar-refractivity contribution in [3.8, 4) is 5.75 Å². The number of rotatable bonds is 5. The molecule has 3 N–H and O–H groups in total. The third kappa shape index (κ3) is 3.74. The van der Waals surface area contributed by atoms with Gasteiger partial charge in [-0.15, -0.1) is 11.3 Å². The molecule has 0 saturated carbocycles. The van der Waals surface area contributed by atoms with Gasteiger partial charge in [-0.1, -0.05) is 12.1 Å². The molecule has 0 aliphatic rings. The minimum absolute atomic E-state index is 0.0158. The van der Waals surface area contributed by atoms with Gasteiger partial charge in [0.2, 0.25) is 0 Å². The molecule has 1 aromatic heterocycles. The molecule has 2 rings (SSSR count). The van der Waals surface area contributed by atoms with Crippen molar-refractivity contribution in [2.45, 2.75) is 19.9 Å². The van der Waals surface area contributed by atoms with Crippen molar-refractivity contribution in [3.63, 3.8) is 0 Å². The van der Waals surface area contributed by atoms with Gasteiger partial charge in [0.25, 0.3) is 5.91 Å². The maximum Gasteiger partial charge on any atom is 0.258 e. The number of benzene rings is 1. The first-order valence-electron chi connectivity index (χ1n) is 6.39. The first-order valence-corrected chi connectivity index (χ1v) is 7.21. The van der Waals surface area contributed by atoms with E-state index in [4.69, 9.17) is 10.5 Å². The molecule has 2 aromatic rings. The van der Waals surface area contributed by atoms with Gasteiger partial charge < -0.3 is 15.8 Å². The van der Waals surface area contributed by atoms with Crippen molar-refractivity contribution in [1.82, 2.24) is 5.32 Å². The minimum Gasteiger partial charge on any atom is -0.482 e. The lowest BCUT2D eigenvalue weighted by Gasteiger charge is -2.13. The molecule has 5 heteroatoms. The van der Waals surface area contributed by atoms with E-state index < -0.39 is 0 Å². The fourth-order valence-corrected chi connectivity index (χ4v) is 2.68. The number of anilines is 1. The highest BCUT2D eigenvalue weighted by Crippen LogP contribution is 2.22. The van der Waals surface area contributed by atoms with Crippen LogP contribution in [0, 0.1) is 6.92 Å². The van der Waals surface area contributed by atoms with Crippen LogP contribution in [0.4, 0.5) is 5.69 Å². The van der Waals surface area contributed by atoms with Crippen LogP contribution >= 0.6 is 11.3 Å². The van der Waals surface area contributed by atoms with Crippen LogP contribution in [0.3, 0.4) is 0 Å². The first kappa shape index (κ1) is 14.4. The molecule has 1 unspecified atom stereocenters. The van der Waals surface area contributed by atoms with Gasteiger partial charge in [-0.25, -0.2) is 0 Å². The van der Waals surface area contributed by atoms with Gasteiger partial charge in [-0.05, 0) is 38.1 Å². The Morgan fingerprint density at radius 3 is 2.75 bits per heavy atom. The Morgan fingerprint density at radius 2 is 2.10 bits per heavy atom. The molecule has 1 atom stereocenters. The molecule has 0 aliphatic carbocycles. The molecule has 4 nitrogen and oxygen atoms in total. The average Bonchev–Trinajstić information content (AvgIpc) is 2.84. The zero-order valence-electron chi connectivity index (χ0n) is 11.6. The summed E-state index contributed by atoms with van der Waals surface area (Å²) in [5.41, 5.74) is 6.28.